The van der Waals surface area contributed by atoms with E-state index in [1.807, 2.05) is 12.1 Å². The van der Waals surface area contributed by atoms with Gasteiger partial charge in [-0.1, -0.05) is 42.5 Å². The average Bonchev–Trinajstić information content (AvgIpc) is 2.94. The van der Waals surface area contributed by atoms with Crippen LogP contribution in [0.2, 0.25) is 0 Å². The van der Waals surface area contributed by atoms with Crippen molar-refractivity contribution in [2.45, 2.75) is 61.3 Å². The molecule has 41 heavy (non-hydrogen) atoms. The van der Waals surface area contributed by atoms with E-state index < -0.39 is 0 Å². The minimum atomic E-state index is 0.842. The van der Waals surface area contributed by atoms with E-state index >= 15 is 0 Å². The second-order valence-electron chi connectivity index (χ2n) is 11.4. The molecule has 0 heterocycles. The van der Waals surface area contributed by atoms with Gasteiger partial charge >= 0.3 is 0 Å². The molecule has 0 aliphatic carbocycles. The van der Waals surface area contributed by atoms with Gasteiger partial charge in [0.05, 0.1) is 0 Å². The van der Waals surface area contributed by atoms with Gasteiger partial charge in [0.1, 0.15) is 23.0 Å². The minimum absolute atomic E-state index is 0.842. The summed E-state index contributed by atoms with van der Waals surface area (Å²) >= 11 is 0. The van der Waals surface area contributed by atoms with Crippen molar-refractivity contribution in [2.75, 3.05) is 0 Å². The monoisotopic (exact) mass is 540 g/mol. The van der Waals surface area contributed by atoms with Crippen molar-refractivity contribution < 1.29 is 9.47 Å². The Morgan fingerprint density at radius 3 is 1.44 bits per heavy atom. The van der Waals surface area contributed by atoms with E-state index in [2.05, 4.69) is 127 Å². The van der Waals surface area contributed by atoms with Crippen molar-refractivity contribution in [1.82, 2.24) is 0 Å². The maximum absolute atomic E-state index is 6.26. The molecular formula is C39H40O2. The lowest BCUT2D eigenvalue weighted by molar-refractivity contribution is 0.480. The van der Waals surface area contributed by atoms with Crippen LogP contribution in [0.1, 0.15) is 50.1 Å². The van der Waals surface area contributed by atoms with Crippen LogP contribution < -0.4 is 9.47 Å². The van der Waals surface area contributed by atoms with Crippen LogP contribution in [0.4, 0.5) is 0 Å². The standard InChI is InChI=1S/C39H40O2/c1-25-8-12-34(20-26(25)2)33-13-17-36(18-14-33)40-35-15-9-32(10-16-35)11-19-39-29(5)23-38(24-30(39)6)41-37-21-27(3)31(7)28(4)22-37/h8-10,12-18,20-24H,11,19H2,1-7H3. The fourth-order valence-corrected chi connectivity index (χ4v) is 5.36. The molecule has 0 amide bonds. The van der Waals surface area contributed by atoms with Crippen molar-refractivity contribution in [3.05, 3.63) is 141 Å². The minimum Gasteiger partial charge on any atom is -0.457 e. The van der Waals surface area contributed by atoms with E-state index in [9.17, 15) is 0 Å². The van der Waals surface area contributed by atoms with Gasteiger partial charge in [0.25, 0.3) is 0 Å². The van der Waals surface area contributed by atoms with Crippen LogP contribution in [0.5, 0.6) is 23.0 Å². The molecule has 0 fully saturated rings. The number of benzene rings is 5. The number of ether oxygens (including phenoxy) is 2. The van der Waals surface area contributed by atoms with Gasteiger partial charge < -0.3 is 9.47 Å². The molecule has 0 aromatic heterocycles. The highest BCUT2D eigenvalue weighted by Crippen LogP contribution is 2.31. The first-order chi connectivity index (χ1) is 19.7. The lowest BCUT2D eigenvalue weighted by atomic mass is 9.96. The summed E-state index contributed by atoms with van der Waals surface area (Å²) in [5.41, 5.74) is 14.1. The largest absolute Gasteiger partial charge is 0.457 e. The van der Waals surface area contributed by atoms with E-state index in [1.54, 1.807) is 0 Å². The lowest BCUT2D eigenvalue weighted by Crippen LogP contribution is -1.99. The van der Waals surface area contributed by atoms with E-state index in [1.165, 1.54) is 61.2 Å². The third-order valence-corrected chi connectivity index (χ3v) is 8.32. The van der Waals surface area contributed by atoms with Crippen LogP contribution in [0.3, 0.4) is 0 Å². The Morgan fingerprint density at radius 2 is 0.878 bits per heavy atom. The molecular weight excluding hydrogens is 500 g/mol. The van der Waals surface area contributed by atoms with Gasteiger partial charge in [0.2, 0.25) is 0 Å². The summed E-state index contributed by atoms with van der Waals surface area (Å²) in [5, 5.41) is 0. The maximum atomic E-state index is 6.26. The lowest BCUT2D eigenvalue weighted by Gasteiger charge is -2.15. The summed E-state index contributed by atoms with van der Waals surface area (Å²) in [6.07, 6.45) is 1.96. The van der Waals surface area contributed by atoms with Crippen molar-refractivity contribution in [3.8, 4) is 34.1 Å². The topological polar surface area (TPSA) is 18.5 Å². The van der Waals surface area contributed by atoms with Gasteiger partial charge in [-0.2, -0.15) is 0 Å². The first-order valence-electron chi connectivity index (χ1n) is 14.5. The Labute approximate surface area is 245 Å². The Hall–Kier alpha value is -4.30. The molecule has 208 valence electrons. The van der Waals surface area contributed by atoms with Crippen molar-refractivity contribution in [3.63, 3.8) is 0 Å². The van der Waals surface area contributed by atoms with E-state index in [0.717, 1.165) is 35.8 Å². The fourth-order valence-electron chi connectivity index (χ4n) is 5.36. The highest BCUT2D eigenvalue weighted by Gasteiger charge is 2.10. The van der Waals surface area contributed by atoms with Crippen LogP contribution in [-0.2, 0) is 12.8 Å². The Morgan fingerprint density at radius 1 is 0.390 bits per heavy atom. The van der Waals surface area contributed by atoms with Gasteiger partial charge in [-0.25, -0.2) is 0 Å². The van der Waals surface area contributed by atoms with Crippen LogP contribution in [0, 0.1) is 48.5 Å². The zero-order valence-electron chi connectivity index (χ0n) is 25.4. The molecule has 0 saturated carbocycles. The predicted octanol–water partition coefficient (Wildman–Crippen LogP) is 10.9. The van der Waals surface area contributed by atoms with Crippen molar-refractivity contribution in [2.24, 2.45) is 0 Å². The molecule has 0 radical (unpaired) electrons. The molecule has 0 saturated heterocycles. The zero-order valence-corrected chi connectivity index (χ0v) is 25.4. The van der Waals surface area contributed by atoms with E-state index in [4.69, 9.17) is 9.47 Å². The molecule has 5 rings (SSSR count). The summed E-state index contributed by atoms with van der Waals surface area (Å²) in [7, 11) is 0. The van der Waals surface area contributed by atoms with Crippen LogP contribution in [0.15, 0.2) is 91.0 Å². The number of aryl methyl sites for hydroxylation is 7. The van der Waals surface area contributed by atoms with Crippen LogP contribution in [-0.4, -0.2) is 0 Å². The molecule has 0 atom stereocenters. The summed E-state index contributed by atoms with van der Waals surface area (Å²) < 4.78 is 12.4. The van der Waals surface area contributed by atoms with Gasteiger partial charge in [0.15, 0.2) is 0 Å². The van der Waals surface area contributed by atoms with E-state index in [0.29, 0.717) is 0 Å². The molecule has 2 heteroatoms. The highest BCUT2D eigenvalue weighted by atomic mass is 16.5. The second kappa shape index (κ2) is 12.1. The normalized spacial score (nSPS) is 11.0. The number of rotatable bonds is 8. The second-order valence-corrected chi connectivity index (χ2v) is 11.4. The predicted molar refractivity (Wildman–Crippen MR) is 172 cm³/mol. The molecule has 0 N–H and O–H groups in total. The molecule has 0 aliphatic rings. The van der Waals surface area contributed by atoms with Gasteiger partial charge in [-0.15, -0.1) is 0 Å². The van der Waals surface area contributed by atoms with Crippen molar-refractivity contribution in [1.29, 1.82) is 0 Å². The number of hydrogen-bond acceptors (Lipinski definition) is 2. The first kappa shape index (κ1) is 28.2. The fraction of sp³-hybridized carbons (Fsp3) is 0.231. The molecule has 0 unspecified atom stereocenters. The Balaban J connectivity index is 1.19. The Bertz CT molecular complexity index is 1630. The van der Waals surface area contributed by atoms with E-state index in [-0.39, 0.29) is 0 Å². The van der Waals surface area contributed by atoms with Crippen LogP contribution >= 0.6 is 0 Å². The summed E-state index contributed by atoms with van der Waals surface area (Å²) in [4.78, 5) is 0. The quantitative estimate of drug-likeness (QED) is 0.195. The van der Waals surface area contributed by atoms with Gasteiger partial charge in [0, 0.05) is 0 Å². The molecule has 0 aliphatic heterocycles. The smallest absolute Gasteiger partial charge is 0.127 e. The zero-order chi connectivity index (χ0) is 29.1. The highest BCUT2D eigenvalue weighted by molar-refractivity contribution is 5.65. The SMILES string of the molecule is Cc1ccc(-c2ccc(Oc3ccc(CCc4c(C)cc(Oc5cc(C)c(C)c(C)c5)cc4C)cc3)cc2)cc1C. The van der Waals surface area contributed by atoms with Crippen LogP contribution in [0.25, 0.3) is 11.1 Å². The number of hydrogen-bond donors (Lipinski definition) is 0. The van der Waals surface area contributed by atoms with Gasteiger partial charge in [-0.05, 0) is 171 Å². The maximum Gasteiger partial charge on any atom is 0.127 e. The van der Waals surface area contributed by atoms with Gasteiger partial charge in [-0.3, -0.25) is 0 Å². The third kappa shape index (κ3) is 6.72. The summed E-state index contributed by atoms with van der Waals surface area (Å²) in [6.45, 7) is 15.1. The third-order valence-electron chi connectivity index (χ3n) is 8.32. The average molecular weight is 541 g/mol. The Kier molecular flexibility index (Phi) is 8.31. The molecule has 5 aromatic rings. The molecule has 5 aromatic carbocycles. The first-order valence-corrected chi connectivity index (χ1v) is 14.5. The summed E-state index contributed by atoms with van der Waals surface area (Å²) in [6, 6.07) is 31.9. The van der Waals surface area contributed by atoms with Crippen molar-refractivity contribution >= 4 is 0 Å². The molecule has 0 bridgehead atoms. The molecule has 0 spiro atoms. The summed E-state index contributed by atoms with van der Waals surface area (Å²) in [5.74, 6) is 3.49. The molecule has 2 nitrogen and oxygen atoms in total.